The van der Waals surface area contributed by atoms with Gasteiger partial charge in [-0.05, 0) is 48.5 Å². The molecule has 2 N–H and O–H groups in total. The Kier molecular flexibility index (Phi) is 6.69. The highest BCUT2D eigenvalue weighted by molar-refractivity contribution is 7.89. The lowest BCUT2D eigenvalue weighted by molar-refractivity contribution is -0.112. The Hall–Kier alpha value is -3.38. The first kappa shape index (κ1) is 21.3. The van der Waals surface area contributed by atoms with Crippen molar-refractivity contribution in [3.63, 3.8) is 0 Å². The summed E-state index contributed by atoms with van der Waals surface area (Å²) in [5.41, 5.74) is 0.405. The Morgan fingerprint density at radius 1 is 1.07 bits per heavy atom. The largest absolute Gasteiger partial charge is 0.460 e. The van der Waals surface area contributed by atoms with E-state index in [4.69, 9.17) is 16.0 Å². The fourth-order valence-corrected chi connectivity index (χ4v) is 3.56. The number of furan rings is 1. The van der Waals surface area contributed by atoms with Crippen molar-refractivity contribution in [3.8, 4) is 6.07 Å². The molecule has 1 amide bonds. The molecule has 0 radical (unpaired) electrons. The fourth-order valence-electron chi connectivity index (χ4n) is 2.44. The number of amides is 1. The van der Waals surface area contributed by atoms with Gasteiger partial charge in [0.15, 0.2) is 0 Å². The van der Waals surface area contributed by atoms with Crippen molar-refractivity contribution in [2.45, 2.75) is 11.4 Å². The molecule has 1 heterocycles. The van der Waals surface area contributed by atoms with Gasteiger partial charge in [-0.15, -0.1) is 0 Å². The van der Waals surface area contributed by atoms with Crippen LogP contribution in [0.2, 0.25) is 5.02 Å². The van der Waals surface area contributed by atoms with E-state index in [2.05, 4.69) is 10.0 Å². The van der Waals surface area contributed by atoms with Crippen molar-refractivity contribution in [1.29, 1.82) is 5.26 Å². The lowest BCUT2D eigenvalue weighted by Gasteiger charge is -2.05. The molecule has 0 saturated carbocycles. The maximum Gasteiger partial charge on any atom is 0.266 e. The number of nitriles is 1. The summed E-state index contributed by atoms with van der Waals surface area (Å²) in [4.78, 5) is 12.3. The number of benzene rings is 2. The van der Waals surface area contributed by atoms with Crippen molar-refractivity contribution >= 4 is 39.3 Å². The third-order valence-corrected chi connectivity index (χ3v) is 5.60. The van der Waals surface area contributed by atoms with Gasteiger partial charge < -0.3 is 9.73 Å². The van der Waals surface area contributed by atoms with Crippen LogP contribution in [0.25, 0.3) is 6.08 Å². The van der Waals surface area contributed by atoms with Gasteiger partial charge in [-0.2, -0.15) is 5.26 Å². The molecule has 3 aromatic rings. The van der Waals surface area contributed by atoms with Crippen LogP contribution < -0.4 is 10.0 Å². The molecule has 0 atom stereocenters. The summed E-state index contributed by atoms with van der Waals surface area (Å²) in [6, 6.07) is 19.4. The third kappa shape index (κ3) is 5.58. The first-order valence-electron chi connectivity index (χ1n) is 8.69. The van der Waals surface area contributed by atoms with E-state index >= 15 is 0 Å². The Bertz CT molecular complexity index is 1210. The number of rotatable bonds is 7. The number of hydrogen-bond acceptors (Lipinski definition) is 5. The van der Waals surface area contributed by atoms with E-state index in [0.717, 1.165) is 0 Å². The van der Waals surface area contributed by atoms with Crippen molar-refractivity contribution in [2.24, 2.45) is 0 Å². The zero-order valence-corrected chi connectivity index (χ0v) is 17.1. The zero-order chi connectivity index (χ0) is 21.6. The highest BCUT2D eigenvalue weighted by atomic mass is 35.5. The minimum absolute atomic E-state index is 0.0722. The van der Waals surface area contributed by atoms with Crippen LogP contribution in [0.1, 0.15) is 11.5 Å². The number of halogens is 1. The number of hydrogen-bond donors (Lipinski definition) is 2. The zero-order valence-electron chi connectivity index (χ0n) is 15.5. The minimum atomic E-state index is -3.74. The number of anilines is 1. The summed E-state index contributed by atoms with van der Waals surface area (Å²) in [7, 11) is -3.74. The monoisotopic (exact) mass is 441 g/mol. The second-order valence-corrected chi connectivity index (χ2v) is 8.28. The number of nitrogens with one attached hydrogen (secondary N) is 2. The van der Waals surface area contributed by atoms with Crippen molar-refractivity contribution in [1.82, 2.24) is 4.72 Å². The molecule has 30 heavy (non-hydrogen) atoms. The predicted octanol–water partition coefficient (Wildman–Crippen LogP) is 3.96. The highest BCUT2D eigenvalue weighted by Crippen LogP contribution is 2.16. The quantitative estimate of drug-likeness (QED) is 0.425. The predicted molar refractivity (Wildman–Crippen MR) is 113 cm³/mol. The molecule has 152 valence electrons. The number of nitrogens with zero attached hydrogens (tertiary/aromatic N) is 1. The first-order chi connectivity index (χ1) is 14.4. The molecule has 7 nitrogen and oxygen atoms in total. The molecule has 0 aliphatic carbocycles. The molecule has 1 aromatic heterocycles. The number of sulfonamides is 1. The van der Waals surface area contributed by atoms with Crippen molar-refractivity contribution < 1.29 is 17.6 Å². The summed E-state index contributed by atoms with van der Waals surface area (Å²) in [5, 5.41) is 12.3. The van der Waals surface area contributed by atoms with Gasteiger partial charge in [0.1, 0.15) is 23.2 Å². The molecule has 3 rings (SSSR count). The second-order valence-electron chi connectivity index (χ2n) is 6.07. The van der Waals surface area contributed by atoms with E-state index in [-0.39, 0.29) is 22.8 Å². The van der Waals surface area contributed by atoms with E-state index in [1.165, 1.54) is 30.3 Å². The van der Waals surface area contributed by atoms with Crippen LogP contribution >= 0.6 is 11.6 Å². The summed E-state index contributed by atoms with van der Waals surface area (Å²) < 4.78 is 32.5. The molecule has 2 aromatic carbocycles. The summed E-state index contributed by atoms with van der Waals surface area (Å²) in [5.74, 6) is -0.0138. The van der Waals surface area contributed by atoms with E-state index in [1.54, 1.807) is 36.4 Å². The normalized spacial score (nSPS) is 11.7. The molecule has 0 spiro atoms. The van der Waals surface area contributed by atoms with Crippen molar-refractivity contribution in [2.75, 3.05) is 5.32 Å². The van der Waals surface area contributed by atoms with Crippen LogP contribution in [-0.4, -0.2) is 14.3 Å². The van der Waals surface area contributed by atoms with E-state index in [0.29, 0.717) is 16.5 Å². The summed E-state index contributed by atoms with van der Waals surface area (Å²) >= 11 is 5.77. The molecule has 0 aliphatic heterocycles. The maximum atomic E-state index is 12.3. The molecule has 0 fully saturated rings. The van der Waals surface area contributed by atoms with Crippen molar-refractivity contribution in [3.05, 3.63) is 88.8 Å². The maximum absolute atomic E-state index is 12.3. The molecule has 0 saturated heterocycles. The van der Waals surface area contributed by atoms with Gasteiger partial charge in [0.05, 0.1) is 11.4 Å². The Labute approximate surface area is 178 Å². The van der Waals surface area contributed by atoms with Gasteiger partial charge in [0, 0.05) is 16.8 Å². The third-order valence-electron chi connectivity index (χ3n) is 3.93. The molecule has 9 heteroatoms. The van der Waals surface area contributed by atoms with Gasteiger partial charge >= 0.3 is 0 Å². The number of carbonyl (C=O) groups excluding carboxylic acids is 1. The standard InChI is InChI=1S/C21H16ClN3O4S/c22-16-6-10-20(11-7-16)30(27,28)24-14-19-9-8-18(29-19)12-15(13-23)21(26)25-17-4-2-1-3-5-17/h1-12,24H,14H2,(H,25,26)/b15-12-. The Morgan fingerprint density at radius 3 is 2.43 bits per heavy atom. The molecular formula is C21H16ClN3O4S. The summed E-state index contributed by atoms with van der Waals surface area (Å²) in [6.07, 6.45) is 1.29. The Balaban J connectivity index is 1.67. The van der Waals surface area contributed by atoms with Gasteiger partial charge in [0.2, 0.25) is 10.0 Å². The van der Waals surface area contributed by atoms with Crippen LogP contribution in [0.3, 0.4) is 0 Å². The number of carbonyl (C=O) groups is 1. The van der Waals surface area contributed by atoms with Crippen LogP contribution in [0.15, 0.2) is 81.6 Å². The van der Waals surface area contributed by atoms with Gasteiger partial charge in [-0.25, -0.2) is 13.1 Å². The van der Waals surface area contributed by atoms with Crippen LogP contribution in [0, 0.1) is 11.3 Å². The van der Waals surface area contributed by atoms with Crippen LogP contribution in [0.4, 0.5) is 5.69 Å². The lowest BCUT2D eigenvalue weighted by Crippen LogP contribution is -2.22. The average Bonchev–Trinajstić information content (AvgIpc) is 3.19. The topological polar surface area (TPSA) is 112 Å². The van der Waals surface area contributed by atoms with E-state index in [9.17, 15) is 18.5 Å². The number of para-hydroxylation sites is 1. The Morgan fingerprint density at radius 2 is 1.77 bits per heavy atom. The van der Waals surface area contributed by atoms with Crippen LogP contribution in [0.5, 0.6) is 0 Å². The van der Waals surface area contributed by atoms with E-state index in [1.807, 2.05) is 12.1 Å². The lowest BCUT2D eigenvalue weighted by atomic mass is 10.2. The molecular weight excluding hydrogens is 426 g/mol. The molecule has 0 unspecified atom stereocenters. The van der Waals surface area contributed by atoms with Gasteiger partial charge in [0.25, 0.3) is 5.91 Å². The second kappa shape index (κ2) is 9.41. The highest BCUT2D eigenvalue weighted by Gasteiger charge is 2.15. The SMILES string of the molecule is N#C/C(=C/c1ccc(CNS(=O)(=O)c2ccc(Cl)cc2)o1)C(=O)Nc1ccccc1. The fraction of sp³-hybridized carbons (Fsp3) is 0.0476. The first-order valence-corrected chi connectivity index (χ1v) is 10.6. The molecule has 0 aliphatic rings. The smallest absolute Gasteiger partial charge is 0.266 e. The van der Waals surface area contributed by atoms with E-state index < -0.39 is 15.9 Å². The summed E-state index contributed by atoms with van der Waals surface area (Å²) in [6.45, 7) is -0.100. The minimum Gasteiger partial charge on any atom is -0.460 e. The van der Waals surface area contributed by atoms with Gasteiger partial charge in [-0.1, -0.05) is 29.8 Å². The average molecular weight is 442 g/mol. The van der Waals surface area contributed by atoms with Gasteiger partial charge in [-0.3, -0.25) is 4.79 Å². The molecule has 0 bridgehead atoms. The van der Waals surface area contributed by atoms with Crippen LogP contribution in [-0.2, 0) is 21.4 Å².